The van der Waals surface area contributed by atoms with Gasteiger partial charge in [0, 0.05) is 18.6 Å². The van der Waals surface area contributed by atoms with E-state index in [9.17, 15) is 0 Å². The van der Waals surface area contributed by atoms with Crippen molar-refractivity contribution in [3.05, 3.63) is 29.8 Å². The molecule has 0 unspecified atom stereocenters. The smallest absolute Gasteiger partial charge is 0.119 e. The Morgan fingerprint density at radius 1 is 1.33 bits per heavy atom. The Labute approximate surface area is 111 Å². The number of benzene rings is 1. The molecule has 1 N–H and O–H groups in total. The van der Waals surface area contributed by atoms with Crippen molar-refractivity contribution in [2.45, 2.75) is 25.8 Å². The molecule has 0 bridgehead atoms. The first-order valence-corrected chi connectivity index (χ1v) is 6.48. The summed E-state index contributed by atoms with van der Waals surface area (Å²) in [5.74, 6) is 0.935. The summed E-state index contributed by atoms with van der Waals surface area (Å²) >= 11 is 0. The third kappa shape index (κ3) is 4.31. The molecule has 1 aromatic carbocycles. The molecule has 3 heteroatoms. The largest absolute Gasteiger partial charge is 0.497 e. The lowest BCUT2D eigenvalue weighted by molar-refractivity contribution is 0.157. The minimum Gasteiger partial charge on any atom is -0.497 e. The molecule has 0 aliphatic rings. The molecular formula is C15H26N2O. The van der Waals surface area contributed by atoms with Crippen molar-refractivity contribution >= 4 is 0 Å². The molecule has 0 aromatic heterocycles. The molecule has 0 atom stereocenters. The van der Waals surface area contributed by atoms with Gasteiger partial charge in [0.2, 0.25) is 0 Å². The molecule has 0 aliphatic carbocycles. The first-order valence-electron chi connectivity index (χ1n) is 6.48. The summed E-state index contributed by atoms with van der Waals surface area (Å²) in [5.41, 5.74) is 1.50. The van der Waals surface area contributed by atoms with Crippen molar-refractivity contribution in [2.75, 3.05) is 34.3 Å². The van der Waals surface area contributed by atoms with E-state index in [-0.39, 0.29) is 5.54 Å². The van der Waals surface area contributed by atoms with Crippen molar-refractivity contribution in [1.29, 1.82) is 0 Å². The highest BCUT2D eigenvalue weighted by molar-refractivity contribution is 5.28. The second kappa shape index (κ2) is 6.76. The van der Waals surface area contributed by atoms with Gasteiger partial charge in [-0.05, 0) is 52.1 Å². The SMILES string of the molecule is CNCC(C)(C)N(C)CCc1cccc(OC)c1. The van der Waals surface area contributed by atoms with Gasteiger partial charge in [0.05, 0.1) is 7.11 Å². The second-order valence-corrected chi connectivity index (χ2v) is 5.37. The van der Waals surface area contributed by atoms with Crippen molar-refractivity contribution < 1.29 is 4.74 Å². The lowest BCUT2D eigenvalue weighted by Gasteiger charge is -2.35. The predicted octanol–water partition coefficient (Wildman–Crippen LogP) is 2.17. The number of likely N-dealkylation sites (N-methyl/N-ethyl adjacent to an activating group) is 2. The van der Waals surface area contributed by atoms with Gasteiger partial charge in [0.1, 0.15) is 5.75 Å². The van der Waals surface area contributed by atoms with Crippen LogP contribution in [0.5, 0.6) is 5.75 Å². The zero-order chi connectivity index (χ0) is 13.6. The number of methoxy groups -OCH3 is 1. The van der Waals surface area contributed by atoms with Crippen molar-refractivity contribution in [1.82, 2.24) is 10.2 Å². The fraction of sp³-hybridized carbons (Fsp3) is 0.600. The van der Waals surface area contributed by atoms with Crippen LogP contribution in [0.25, 0.3) is 0 Å². The average Bonchev–Trinajstić information content (AvgIpc) is 2.36. The third-order valence-corrected chi connectivity index (χ3v) is 3.51. The van der Waals surface area contributed by atoms with Crippen LogP contribution in [0.2, 0.25) is 0 Å². The quantitative estimate of drug-likeness (QED) is 0.802. The van der Waals surface area contributed by atoms with Crippen molar-refractivity contribution in [3.8, 4) is 5.75 Å². The van der Waals surface area contributed by atoms with Crippen LogP contribution < -0.4 is 10.1 Å². The average molecular weight is 250 g/mol. The van der Waals surface area contributed by atoms with Gasteiger partial charge in [-0.3, -0.25) is 4.90 Å². The zero-order valence-corrected chi connectivity index (χ0v) is 12.3. The minimum absolute atomic E-state index is 0.174. The Balaban J connectivity index is 2.53. The Morgan fingerprint density at radius 3 is 2.67 bits per heavy atom. The highest BCUT2D eigenvalue weighted by Gasteiger charge is 2.21. The monoisotopic (exact) mass is 250 g/mol. The van der Waals surface area contributed by atoms with E-state index in [0.717, 1.165) is 25.3 Å². The van der Waals surface area contributed by atoms with E-state index in [1.54, 1.807) is 7.11 Å². The molecule has 18 heavy (non-hydrogen) atoms. The van der Waals surface area contributed by atoms with E-state index in [1.165, 1.54) is 5.56 Å². The van der Waals surface area contributed by atoms with Gasteiger partial charge < -0.3 is 10.1 Å². The number of hydrogen-bond acceptors (Lipinski definition) is 3. The topological polar surface area (TPSA) is 24.5 Å². The Hall–Kier alpha value is -1.06. The molecule has 102 valence electrons. The first-order chi connectivity index (χ1) is 8.49. The van der Waals surface area contributed by atoms with E-state index in [0.29, 0.717) is 0 Å². The molecule has 0 aliphatic heterocycles. The molecule has 0 radical (unpaired) electrons. The number of ether oxygens (including phenoxy) is 1. The predicted molar refractivity (Wildman–Crippen MR) is 77.3 cm³/mol. The van der Waals surface area contributed by atoms with Crippen molar-refractivity contribution in [2.24, 2.45) is 0 Å². The lowest BCUT2D eigenvalue weighted by Crippen LogP contribution is -2.48. The fourth-order valence-electron chi connectivity index (χ4n) is 2.00. The summed E-state index contributed by atoms with van der Waals surface area (Å²) in [7, 11) is 5.89. The third-order valence-electron chi connectivity index (χ3n) is 3.51. The molecule has 0 spiro atoms. The van der Waals surface area contributed by atoms with Crippen molar-refractivity contribution in [3.63, 3.8) is 0 Å². The van der Waals surface area contributed by atoms with Crippen LogP contribution in [0.1, 0.15) is 19.4 Å². The van der Waals surface area contributed by atoms with Crippen LogP contribution in [0.4, 0.5) is 0 Å². The van der Waals surface area contributed by atoms with E-state index in [2.05, 4.69) is 43.2 Å². The molecule has 3 nitrogen and oxygen atoms in total. The van der Waals surface area contributed by atoms with Crippen LogP contribution in [0.3, 0.4) is 0 Å². The normalized spacial score (nSPS) is 11.9. The van der Waals surface area contributed by atoms with Gasteiger partial charge in [0.15, 0.2) is 0 Å². The zero-order valence-electron chi connectivity index (χ0n) is 12.3. The summed E-state index contributed by atoms with van der Waals surface area (Å²) in [6.07, 6.45) is 1.04. The minimum atomic E-state index is 0.174. The molecule has 0 saturated heterocycles. The maximum atomic E-state index is 5.24. The Bertz CT molecular complexity index is 363. The molecule has 1 aromatic rings. The molecule has 1 rings (SSSR count). The standard InChI is InChI=1S/C15H26N2O/c1-15(2,12-16-3)17(4)10-9-13-7-6-8-14(11-13)18-5/h6-8,11,16H,9-10,12H2,1-5H3. The maximum absolute atomic E-state index is 5.24. The van der Waals surface area contributed by atoms with Crippen LogP contribution in [-0.4, -0.2) is 44.7 Å². The maximum Gasteiger partial charge on any atom is 0.119 e. The van der Waals surface area contributed by atoms with E-state index in [1.807, 2.05) is 19.2 Å². The summed E-state index contributed by atoms with van der Waals surface area (Å²) in [5, 5.41) is 3.24. The number of nitrogens with one attached hydrogen (secondary N) is 1. The van der Waals surface area contributed by atoms with E-state index >= 15 is 0 Å². The molecule has 0 saturated carbocycles. The van der Waals surface area contributed by atoms with Gasteiger partial charge in [-0.1, -0.05) is 12.1 Å². The fourth-order valence-corrected chi connectivity index (χ4v) is 2.00. The molecule has 0 amide bonds. The summed E-state index contributed by atoms with van der Waals surface area (Å²) in [6.45, 7) is 6.55. The van der Waals surface area contributed by atoms with E-state index in [4.69, 9.17) is 4.74 Å². The summed E-state index contributed by atoms with van der Waals surface area (Å²) < 4.78 is 5.24. The Kier molecular flexibility index (Phi) is 5.63. The first kappa shape index (κ1) is 15.0. The van der Waals surface area contributed by atoms with Crippen LogP contribution >= 0.6 is 0 Å². The lowest BCUT2D eigenvalue weighted by atomic mass is 10.0. The highest BCUT2D eigenvalue weighted by atomic mass is 16.5. The summed E-state index contributed by atoms with van der Waals surface area (Å²) in [6, 6.07) is 8.30. The van der Waals surface area contributed by atoms with Gasteiger partial charge in [-0.25, -0.2) is 0 Å². The molecular weight excluding hydrogens is 224 g/mol. The molecule has 0 heterocycles. The van der Waals surface area contributed by atoms with Crippen LogP contribution in [-0.2, 0) is 6.42 Å². The van der Waals surface area contributed by atoms with E-state index < -0.39 is 0 Å². The van der Waals surface area contributed by atoms with Crippen LogP contribution in [0, 0.1) is 0 Å². The van der Waals surface area contributed by atoms with Gasteiger partial charge in [-0.15, -0.1) is 0 Å². The molecule has 0 fully saturated rings. The highest BCUT2D eigenvalue weighted by Crippen LogP contribution is 2.15. The van der Waals surface area contributed by atoms with Gasteiger partial charge in [-0.2, -0.15) is 0 Å². The van der Waals surface area contributed by atoms with Crippen LogP contribution in [0.15, 0.2) is 24.3 Å². The number of hydrogen-bond donors (Lipinski definition) is 1. The Morgan fingerprint density at radius 2 is 2.06 bits per heavy atom. The van der Waals surface area contributed by atoms with Gasteiger partial charge >= 0.3 is 0 Å². The number of rotatable bonds is 7. The summed E-state index contributed by atoms with van der Waals surface area (Å²) in [4.78, 5) is 2.39. The second-order valence-electron chi connectivity index (χ2n) is 5.37. The van der Waals surface area contributed by atoms with Gasteiger partial charge in [0.25, 0.3) is 0 Å². The number of nitrogens with zero attached hydrogens (tertiary/aromatic N) is 1.